The van der Waals surface area contributed by atoms with E-state index in [1.165, 1.54) is 7.11 Å². The predicted octanol–water partition coefficient (Wildman–Crippen LogP) is 3.64. The van der Waals surface area contributed by atoms with E-state index >= 15 is 0 Å². The Morgan fingerprint density at radius 1 is 0.938 bits per heavy atom. The van der Waals surface area contributed by atoms with Crippen molar-refractivity contribution in [2.45, 2.75) is 45.1 Å². The van der Waals surface area contributed by atoms with Crippen molar-refractivity contribution in [2.24, 2.45) is 0 Å². The van der Waals surface area contributed by atoms with Crippen LogP contribution in [0.5, 0.6) is 5.75 Å². The number of carboxylic acids is 1. The number of hydrogen-bond donors (Lipinski definition) is 3. The van der Waals surface area contributed by atoms with Crippen LogP contribution in [0.3, 0.4) is 0 Å². The van der Waals surface area contributed by atoms with Crippen LogP contribution < -0.4 is 15.4 Å². The summed E-state index contributed by atoms with van der Waals surface area (Å²) in [6.45, 7) is 5.01. The highest BCUT2D eigenvalue weighted by atomic mass is 16.6. The number of methoxy groups -OCH3 is 1. The first kappa shape index (κ1) is 24.5. The maximum atomic E-state index is 12.4. The van der Waals surface area contributed by atoms with Gasteiger partial charge in [0, 0.05) is 0 Å². The summed E-state index contributed by atoms with van der Waals surface area (Å²) >= 11 is 0. The number of alkyl carbamates (subject to hydrolysis) is 2. The summed E-state index contributed by atoms with van der Waals surface area (Å²) in [5.74, 6) is -0.814. The second-order valence-corrected chi connectivity index (χ2v) is 7.92. The maximum Gasteiger partial charge on any atom is 0.408 e. The molecule has 0 aliphatic rings. The third kappa shape index (κ3) is 7.82. The number of carboxylic acid groups (broad SMARTS) is 1. The van der Waals surface area contributed by atoms with Gasteiger partial charge in [0.05, 0.1) is 13.2 Å². The van der Waals surface area contributed by atoms with Gasteiger partial charge in [-0.2, -0.15) is 0 Å². The molecule has 2 unspecified atom stereocenters. The first-order chi connectivity index (χ1) is 15.1. The summed E-state index contributed by atoms with van der Waals surface area (Å²) in [6.07, 6.45) is -1.77. The minimum absolute atomic E-state index is 0.0360. The second-order valence-electron chi connectivity index (χ2n) is 7.92. The third-order valence-electron chi connectivity index (χ3n) is 4.23. The Labute approximate surface area is 186 Å². The van der Waals surface area contributed by atoms with Crippen LogP contribution in [0, 0.1) is 0 Å². The maximum absolute atomic E-state index is 12.4. The molecular weight excluding hydrogens is 416 g/mol. The molecule has 0 spiro atoms. The van der Waals surface area contributed by atoms with Gasteiger partial charge >= 0.3 is 18.2 Å². The van der Waals surface area contributed by atoms with E-state index in [0.29, 0.717) is 11.3 Å². The van der Waals surface area contributed by atoms with Crippen LogP contribution in [0.1, 0.15) is 37.9 Å². The molecule has 2 aromatic carbocycles. The molecule has 0 heterocycles. The molecule has 9 nitrogen and oxygen atoms in total. The van der Waals surface area contributed by atoms with Crippen molar-refractivity contribution in [3.63, 3.8) is 0 Å². The molecule has 0 aliphatic carbocycles. The lowest BCUT2D eigenvalue weighted by molar-refractivity contribution is -0.140. The third-order valence-corrected chi connectivity index (χ3v) is 4.23. The SMILES string of the molecule is COc1ccc(C(NC(=O)OC(C)(C)C)C(NC(=O)OCc2ccccc2)C(=O)O)cc1. The van der Waals surface area contributed by atoms with E-state index in [-0.39, 0.29) is 6.61 Å². The van der Waals surface area contributed by atoms with Crippen LogP contribution in [0.15, 0.2) is 54.6 Å². The van der Waals surface area contributed by atoms with Gasteiger partial charge in [-0.1, -0.05) is 42.5 Å². The van der Waals surface area contributed by atoms with Crippen molar-refractivity contribution in [1.29, 1.82) is 0 Å². The number of aliphatic carboxylic acids is 1. The molecule has 32 heavy (non-hydrogen) atoms. The van der Waals surface area contributed by atoms with E-state index in [1.54, 1.807) is 69.3 Å². The molecule has 2 amide bonds. The fraction of sp³-hybridized carbons (Fsp3) is 0.348. The van der Waals surface area contributed by atoms with Gasteiger partial charge < -0.3 is 30.0 Å². The van der Waals surface area contributed by atoms with Crippen LogP contribution in [0.25, 0.3) is 0 Å². The van der Waals surface area contributed by atoms with Gasteiger partial charge in [0.2, 0.25) is 0 Å². The molecule has 2 rings (SSSR count). The minimum atomic E-state index is -1.53. The minimum Gasteiger partial charge on any atom is -0.497 e. The van der Waals surface area contributed by atoms with E-state index in [1.807, 2.05) is 6.07 Å². The summed E-state index contributed by atoms with van der Waals surface area (Å²) in [5, 5.41) is 14.7. The van der Waals surface area contributed by atoms with E-state index in [0.717, 1.165) is 5.56 Å². The van der Waals surface area contributed by atoms with Crippen LogP contribution in [-0.2, 0) is 20.9 Å². The number of carbonyl (C=O) groups excluding carboxylic acids is 2. The molecule has 3 N–H and O–H groups in total. The lowest BCUT2D eigenvalue weighted by Gasteiger charge is -2.28. The number of hydrogen-bond acceptors (Lipinski definition) is 6. The van der Waals surface area contributed by atoms with Crippen molar-refractivity contribution in [1.82, 2.24) is 10.6 Å². The molecule has 0 fully saturated rings. The van der Waals surface area contributed by atoms with Gasteiger partial charge in [-0.3, -0.25) is 0 Å². The van der Waals surface area contributed by atoms with Gasteiger partial charge in [0.1, 0.15) is 18.0 Å². The smallest absolute Gasteiger partial charge is 0.408 e. The normalized spacial score (nSPS) is 12.8. The van der Waals surface area contributed by atoms with Crippen LogP contribution >= 0.6 is 0 Å². The topological polar surface area (TPSA) is 123 Å². The molecule has 0 radical (unpaired) electrons. The Hall–Kier alpha value is -3.75. The second kappa shape index (κ2) is 11.0. The predicted molar refractivity (Wildman–Crippen MR) is 116 cm³/mol. The molecule has 0 bridgehead atoms. The Morgan fingerprint density at radius 3 is 2.09 bits per heavy atom. The highest BCUT2D eigenvalue weighted by molar-refractivity contribution is 5.82. The van der Waals surface area contributed by atoms with Crippen LogP contribution in [-0.4, -0.2) is 42.0 Å². The molecular formula is C23H28N2O7. The Balaban J connectivity index is 2.21. The zero-order valence-corrected chi connectivity index (χ0v) is 18.5. The van der Waals surface area contributed by atoms with Gasteiger partial charge in [0.15, 0.2) is 6.04 Å². The Bertz CT molecular complexity index is 908. The Morgan fingerprint density at radius 2 is 1.56 bits per heavy atom. The lowest BCUT2D eigenvalue weighted by Crippen LogP contribution is -2.51. The van der Waals surface area contributed by atoms with Crippen LogP contribution in [0.4, 0.5) is 9.59 Å². The highest BCUT2D eigenvalue weighted by Gasteiger charge is 2.34. The number of nitrogens with one attached hydrogen (secondary N) is 2. The van der Waals surface area contributed by atoms with Crippen molar-refractivity contribution in [3.8, 4) is 5.75 Å². The highest BCUT2D eigenvalue weighted by Crippen LogP contribution is 2.22. The van der Waals surface area contributed by atoms with Gasteiger partial charge in [-0.05, 0) is 44.0 Å². The number of ether oxygens (including phenoxy) is 3. The number of rotatable bonds is 8. The molecule has 0 saturated carbocycles. The van der Waals surface area contributed by atoms with Crippen molar-refractivity contribution < 1.29 is 33.7 Å². The van der Waals surface area contributed by atoms with Gasteiger partial charge in [0.25, 0.3) is 0 Å². The average Bonchev–Trinajstić information content (AvgIpc) is 2.74. The number of carbonyl (C=O) groups is 3. The van der Waals surface area contributed by atoms with Crippen molar-refractivity contribution in [3.05, 3.63) is 65.7 Å². The van der Waals surface area contributed by atoms with E-state index < -0.39 is 35.8 Å². The summed E-state index contributed by atoms with van der Waals surface area (Å²) in [6, 6.07) is 12.7. The number of benzene rings is 2. The Kier molecular flexibility index (Phi) is 8.46. The van der Waals surface area contributed by atoms with E-state index in [2.05, 4.69) is 10.6 Å². The molecule has 0 saturated heterocycles. The fourth-order valence-electron chi connectivity index (χ4n) is 2.78. The molecule has 0 aromatic heterocycles. The zero-order chi connectivity index (χ0) is 23.7. The first-order valence-corrected chi connectivity index (χ1v) is 9.92. The quantitative estimate of drug-likeness (QED) is 0.568. The monoisotopic (exact) mass is 444 g/mol. The van der Waals surface area contributed by atoms with Crippen LogP contribution in [0.2, 0.25) is 0 Å². The first-order valence-electron chi connectivity index (χ1n) is 9.92. The summed E-state index contributed by atoms with van der Waals surface area (Å²) in [5.41, 5.74) is 0.371. The molecule has 2 aromatic rings. The molecule has 2 atom stereocenters. The zero-order valence-electron chi connectivity index (χ0n) is 18.5. The van der Waals surface area contributed by atoms with E-state index in [9.17, 15) is 19.5 Å². The van der Waals surface area contributed by atoms with Gasteiger partial charge in [-0.15, -0.1) is 0 Å². The summed E-state index contributed by atoms with van der Waals surface area (Å²) in [4.78, 5) is 36.7. The van der Waals surface area contributed by atoms with Crippen molar-refractivity contribution in [2.75, 3.05) is 7.11 Å². The van der Waals surface area contributed by atoms with E-state index in [4.69, 9.17) is 14.2 Å². The fourth-order valence-corrected chi connectivity index (χ4v) is 2.78. The molecule has 0 aliphatic heterocycles. The largest absolute Gasteiger partial charge is 0.497 e. The standard InChI is InChI=1S/C23H28N2O7/c1-23(2,3)32-22(29)24-18(16-10-12-17(30-4)13-11-16)19(20(26)27)25-21(28)31-14-15-8-6-5-7-9-15/h5-13,18-19H,14H2,1-4H3,(H,24,29)(H,25,28)(H,26,27). The van der Waals surface area contributed by atoms with Gasteiger partial charge in [-0.25, -0.2) is 14.4 Å². The summed E-state index contributed by atoms with van der Waals surface area (Å²) in [7, 11) is 1.50. The molecule has 172 valence electrons. The number of amides is 2. The average molecular weight is 444 g/mol. The lowest BCUT2D eigenvalue weighted by atomic mass is 9.99. The summed E-state index contributed by atoms with van der Waals surface area (Å²) < 4.78 is 15.5. The van der Waals surface area contributed by atoms with Crippen molar-refractivity contribution >= 4 is 18.2 Å². The molecule has 9 heteroatoms.